The van der Waals surface area contributed by atoms with Crippen molar-refractivity contribution in [3.63, 3.8) is 0 Å². The SMILES string of the molecule is Cc1nc(C(C)C)ncc1C(=O)N1CCCC(c2nc3ccccc3[nH]2)C1. The minimum absolute atomic E-state index is 0.0172. The number of likely N-dealkylation sites (tertiary alicyclic amines) is 1. The Labute approximate surface area is 159 Å². The molecule has 1 aromatic carbocycles. The summed E-state index contributed by atoms with van der Waals surface area (Å²) in [6.45, 7) is 7.43. The third-order valence-corrected chi connectivity index (χ3v) is 5.25. The van der Waals surface area contributed by atoms with Gasteiger partial charge in [0.15, 0.2) is 0 Å². The van der Waals surface area contributed by atoms with Crippen LogP contribution in [0.4, 0.5) is 0 Å². The summed E-state index contributed by atoms with van der Waals surface area (Å²) in [5, 5.41) is 0. The molecule has 1 saturated heterocycles. The van der Waals surface area contributed by atoms with Gasteiger partial charge >= 0.3 is 0 Å². The summed E-state index contributed by atoms with van der Waals surface area (Å²) in [6, 6.07) is 8.05. The van der Waals surface area contributed by atoms with E-state index in [1.54, 1.807) is 6.20 Å². The second-order valence-electron chi connectivity index (χ2n) is 7.61. The van der Waals surface area contributed by atoms with Crippen LogP contribution in [0.15, 0.2) is 30.5 Å². The number of para-hydroxylation sites is 2. The first-order chi connectivity index (χ1) is 13.0. The lowest BCUT2D eigenvalue weighted by atomic mass is 9.96. The summed E-state index contributed by atoms with van der Waals surface area (Å²) in [5.41, 5.74) is 3.38. The third kappa shape index (κ3) is 3.44. The Morgan fingerprint density at radius 3 is 2.81 bits per heavy atom. The summed E-state index contributed by atoms with van der Waals surface area (Å²) < 4.78 is 0. The van der Waals surface area contributed by atoms with Crippen LogP contribution in [0.1, 0.15) is 66.2 Å². The van der Waals surface area contributed by atoms with Gasteiger partial charge in [-0.2, -0.15) is 0 Å². The van der Waals surface area contributed by atoms with Gasteiger partial charge in [-0.3, -0.25) is 4.79 Å². The Morgan fingerprint density at radius 1 is 1.26 bits per heavy atom. The summed E-state index contributed by atoms with van der Waals surface area (Å²) >= 11 is 0. The second-order valence-corrected chi connectivity index (χ2v) is 7.61. The quantitative estimate of drug-likeness (QED) is 0.768. The molecule has 4 rings (SSSR count). The highest BCUT2D eigenvalue weighted by molar-refractivity contribution is 5.95. The van der Waals surface area contributed by atoms with Gasteiger partial charge in [-0.1, -0.05) is 26.0 Å². The number of aromatic amines is 1. The normalized spacial score (nSPS) is 17.6. The van der Waals surface area contributed by atoms with Crippen molar-refractivity contribution in [2.24, 2.45) is 0 Å². The topological polar surface area (TPSA) is 74.8 Å². The zero-order chi connectivity index (χ0) is 19.0. The maximum Gasteiger partial charge on any atom is 0.257 e. The van der Waals surface area contributed by atoms with E-state index in [1.165, 1.54) is 0 Å². The molecule has 3 heterocycles. The van der Waals surface area contributed by atoms with Crippen molar-refractivity contribution in [1.82, 2.24) is 24.8 Å². The summed E-state index contributed by atoms with van der Waals surface area (Å²) in [6.07, 6.45) is 3.69. The van der Waals surface area contributed by atoms with E-state index in [4.69, 9.17) is 4.98 Å². The van der Waals surface area contributed by atoms with Crippen molar-refractivity contribution in [2.75, 3.05) is 13.1 Å². The van der Waals surface area contributed by atoms with Gasteiger partial charge in [-0.15, -0.1) is 0 Å². The molecule has 1 aliphatic rings. The van der Waals surface area contributed by atoms with Crippen LogP contribution in [0.2, 0.25) is 0 Å². The number of aromatic nitrogens is 4. The number of aryl methyl sites for hydroxylation is 1. The molecule has 0 saturated carbocycles. The van der Waals surface area contributed by atoms with Crippen LogP contribution in [-0.2, 0) is 0 Å². The molecule has 3 aromatic rings. The number of hydrogen-bond acceptors (Lipinski definition) is 4. The number of H-pyrrole nitrogens is 1. The Balaban J connectivity index is 1.55. The minimum atomic E-state index is 0.0172. The minimum Gasteiger partial charge on any atom is -0.342 e. The number of amides is 1. The van der Waals surface area contributed by atoms with Gasteiger partial charge in [0.2, 0.25) is 0 Å². The van der Waals surface area contributed by atoms with Crippen LogP contribution in [0.3, 0.4) is 0 Å². The average molecular weight is 363 g/mol. The lowest BCUT2D eigenvalue weighted by molar-refractivity contribution is 0.0703. The number of nitrogens with zero attached hydrogens (tertiary/aromatic N) is 4. The highest BCUT2D eigenvalue weighted by Crippen LogP contribution is 2.28. The smallest absolute Gasteiger partial charge is 0.257 e. The fourth-order valence-corrected chi connectivity index (χ4v) is 3.69. The van der Waals surface area contributed by atoms with Crippen molar-refractivity contribution in [3.05, 3.63) is 53.4 Å². The summed E-state index contributed by atoms with van der Waals surface area (Å²) in [5.74, 6) is 2.25. The van der Waals surface area contributed by atoms with Crippen molar-refractivity contribution in [1.29, 1.82) is 0 Å². The van der Waals surface area contributed by atoms with E-state index in [0.29, 0.717) is 12.1 Å². The van der Waals surface area contributed by atoms with Crippen LogP contribution in [-0.4, -0.2) is 43.8 Å². The van der Waals surface area contributed by atoms with E-state index < -0.39 is 0 Å². The molecule has 1 atom stereocenters. The second kappa shape index (κ2) is 7.10. The monoisotopic (exact) mass is 363 g/mol. The van der Waals surface area contributed by atoms with Gasteiger partial charge < -0.3 is 9.88 Å². The number of rotatable bonds is 3. The van der Waals surface area contributed by atoms with Crippen LogP contribution >= 0.6 is 0 Å². The van der Waals surface area contributed by atoms with Gasteiger partial charge in [-0.25, -0.2) is 15.0 Å². The molecule has 27 heavy (non-hydrogen) atoms. The largest absolute Gasteiger partial charge is 0.342 e. The van der Waals surface area contributed by atoms with Crippen molar-refractivity contribution < 1.29 is 4.79 Å². The summed E-state index contributed by atoms with van der Waals surface area (Å²) in [7, 11) is 0. The molecule has 1 amide bonds. The van der Waals surface area contributed by atoms with E-state index >= 15 is 0 Å². The van der Waals surface area contributed by atoms with Crippen LogP contribution in [0.5, 0.6) is 0 Å². The zero-order valence-electron chi connectivity index (χ0n) is 16.1. The molecule has 0 spiro atoms. The number of carbonyl (C=O) groups is 1. The number of hydrogen-bond donors (Lipinski definition) is 1. The Kier molecular flexibility index (Phi) is 4.64. The summed E-state index contributed by atoms with van der Waals surface area (Å²) in [4.78, 5) is 32.0. The van der Waals surface area contributed by atoms with Crippen molar-refractivity contribution in [3.8, 4) is 0 Å². The van der Waals surface area contributed by atoms with E-state index in [0.717, 1.165) is 47.8 Å². The van der Waals surface area contributed by atoms with Crippen LogP contribution in [0.25, 0.3) is 11.0 Å². The number of carbonyl (C=O) groups excluding carboxylic acids is 1. The third-order valence-electron chi connectivity index (χ3n) is 5.25. The maximum atomic E-state index is 13.1. The number of imidazole rings is 1. The number of fused-ring (bicyclic) bond motifs is 1. The Bertz CT molecular complexity index is 945. The van der Waals surface area contributed by atoms with Gasteiger partial charge in [0, 0.05) is 31.1 Å². The molecular weight excluding hydrogens is 338 g/mol. The Morgan fingerprint density at radius 2 is 2.07 bits per heavy atom. The molecule has 0 radical (unpaired) electrons. The first-order valence-electron chi connectivity index (χ1n) is 9.60. The van der Waals surface area contributed by atoms with E-state index in [9.17, 15) is 4.79 Å². The number of nitrogens with one attached hydrogen (secondary N) is 1. The van der Waals surface area contributed by atoms with Crippen molar-refractivity contribution >= 4 is 16.9 Å². The molecular formula is C21H25N5O. The van der Waals surface area contributed by atoms with Crippen LogP contribution < -0.4 is 0 Å². The van der Waals surface area contributed by atoms with Gasteiger partial charge in [0.25, 0.3) is 5.91 Å². The van der Waals surface area contributed by atoms with E-state index in [1.807, 2.05) is 36.1 Å². The molecule has 6 nitrogen and oxygen atoms in total. The van der Waals surface area contributed by atoms with Crippen LogP contribution in [0, 0.1) is 6.92 Å². The lowest BCUT2D eigenvalue weighted by Gasteiger charge is -2.32. The first-order valence-corrected chi connectivity index (χ1v) is 9.60. The molecule has 140 valence electrons. The van der Waals surface area contributed by atoms with E-state index in [-0.39, 0.29) is 17.7 Å². The standard InChI is InChI=1S/C21H25N5O/c1-13(2)19-22-11-16(14(3)23-19)21(27)26-10-6-7-15(12-26)20-24-17-8-4-5-9-18(17)25-20/h4-5,8-9,11,13,15H,6-7,10,12H2,1-3H3,(H,24,25). The van der Waals surface area contributed by atoms with Crippen molar-refractivity contribution in [2.45, 2.75) is 45.4 Å². The zero-order valence-corrected chi connectivity index (χ0v) is 16.1. The molecule has 0 bridgehead atoms. The highest BCUT2D eigenvalue weighted by Gasteiger charge is 2.28. The molecule has 1 N–H and O–H groups in total. The van der Waals surface area contributed by atoms with Gasteiger partial charge in [0.1, 0.15) is 11.6 Å². The molecule has 6 heteroatoms. The molecule has 1 unspecified atom stereocenters. The lowest BCUT2D eigenvalue weighted by Crippen LogP contribution is -2.39. The average Bonchev–Trinajstić information content (AvgIpc) is 3.12. The van der Waals surface area contributed by atoms with Gasteiger partial charge in [-0.05, 0) is 31.9 Å². The maximum absolute atomic E-state index is 13.1. The number of benzene rings is 1. The molecule has 0 aliphatic carbocycles. The molecule has 2 aromatic heterocycles. The fourth-order valence-electron chi connectivity index (χ4n) is 3.69. The molecule has 1 fully saturated rings. The number of piperidine rings is 1. The molecule has 1 aliphatic heterocycles. The predicted molar refractivity (Wildman–Crippen MR) is 105 cm³/mol. The predicted octanol–water partition coefficient (Wildman–Crippen LogP) is 3.80. The highest BCUT2D eigenvalue weighted by atomic mass is 16.2. The Hall–Kier alpha value is -2.76. The van der Waals surface area contributed by atoms with Gasteiger partial charge in [0.05, 0.1) is 22.3 Å². The fraction of sp³-hybridized carbons (Fsp3) is 0.429. The van der Waals surface area contributed by atoms with E-state index in [2.05, 4.69) is 28.8 Å². The first kappa shape index (κ1) is 17.6.